The van der Waals surface area contributed by atoms with Gasteiger partial charge in [0.05, 0.1) is 37.5 Å². The average molecular weight is 591 g/mol. The molecule has 2 aliphatic rings. The number of amides is 1. The zero-order chi connectivity index (χ0) is 30.3. The van der Waals surface area contributed by atoms with Gasteiger partial charge in [-0.15, -0.1) is 0 Å². The van der Waals surface area contributed by atoms with E-state index in [-0.39, 0.29) is 48.9 Å². The van der Waals surface area contributed by atoms with Crippen LogP contribution in [0.2, 0.25) is 0 Å². The normalized spacial score (nSPS) is 26.3. The van der Waals surface area contributed by atoms with E-state index in [9.17, 15) is 14.4 Å². The van der Waals surface area contributed by atoms with Gasteiger partial charge >= 0.3 is 18.0 Å². The van der Waals surface area contributed by atoms with Crippen LogP contribution in [0.5, 0.6) is 0 Å². The van der Waals surface area contributed by atoms with Crippen LogP contribution >= 0.6 is 0 Å². The van der Waals surface area contributed by atoms with Crippen LogP contribution < -0.4 is 5.32 Å². The van der Waals surface area contributed by atoms with Crippen LogP contribution in [0.3, 0.4) is 0 Å². The fraction of sp³-hybridized carbons (Fsp3) is 0.677. The maximum atomic E-state index is 12.8. The van der Waals surface area contributed by atoms with Crippen LogP contribution in [0.25, 0.3) is 6.08 Å². The lowest BCUT2D eigenvalue weighted by Crippen LogP contribution is -2.39. The van der Waals surface area contributed by atoms with Crippen LogP contribution in [-0.2, 0) is 39.7 Å². The first-order chi connectivity index (χ1) is 20.3. The fourth-order valence-corrected chi connectivity index (χ4v) is 5.32. The molecule has 0 aromatic carbocycles. The summed E-state index contributed by atoms with van der Waals surface area (Å²) in [5, 5.41) is 2.54. The van der Waals surface area contributed by atoms with Crippen molar-refractivity contribution in [2.75, 3.05) is 20.8 Å². The number of alkyl carbamates (subject to hydrolysis) is 1. The first-order valence-electron chi connectivity index (χ1n) is 14.9. The summed E-state index contributed by atoms with van der Waals surface area (Å²) < 4.78 is 33.5. The number of esters is 2. The van der Waals surface area contributed by atoms with Gasteiger partial charge in [-0.25, -0.2) is 9.78 Å². The Morgan fingerprint density at radius 3 is 2.74 bits per heavy atom. The number of carbonyl (C=O) groups excluding carboxylic acids is 3. The van der Waals surface area contributed by atoms with E-state index in [0.29, 0.717) is 51.0 Å². The third kappa shape index (κ3) is 12.0. The summed E-state index contributed by atoms with van der Waals surface area (Å²) in [6.07, 6.45) is 12.0. The Hall–Kier alpha value is -3.18. The van der Waals surface area contributed by atoms with Crippen LogP contribution in [0.1, 0.15) is 89.6 Å². The van der Waals surface area contributed by atoms with Gasteiger partial charge in [-0.3, -0.25) is 9.59 Å². The molecule has 2 aliphatic heterocycles. The fourth-order valence-electron chi connectivity index (χ4n) is 5.32. The Kier molecular flexibility index (Phi) is 14.0. The number of methoxy groups -OCH3 is 2. The quantitative estimate of drug-likeness (QED) is 0.152. The average Bonchev–Trinajstić information content (AvgIpc) is 3.39. The lowest BCUT2D eigenvalue weighted by Gasteiger charge is -2.35. The molecule has 0 spiro atoms. The highest BCUT2D eigenvalue weighted by atomic mass is 16.6. The van der Waals surface area contributed by atoms with E-state index in [1.165, 1.54) is 7.11 Å². The molecule has 11 heteroatoms. The minimum absolute atomic E-state index is 0.0475. The molecule has 2 bridgehead atoms. The number of aryl methyl sites for hydroxylation is 1. The molecular formula is C31H46N2O9. The molecule has 0 radical (unpaired) electrons. The third-order valence-corrected chi connectivity index (χ3v) is 7.31. The Morgan fingerprint density at radius 2 is 1.98 bits per heavy atom. The summed E-state index contributed by atoms with van der Waals surface area (Å²) in [5.41, 5.74) is 1.93. The molecule has 42 heavy (non-hydrogen) atoms. The number of fused-ring (bicyclic) bond motifs is 2. The van der Waals surface area contributed by atoms with Crippen molar-refractivity contribution in [3.63, 3.8) is 0 Å². The minimum atomic E-state index is -0.508. The Morgan fingerprint density at radius 1 is 1.14 bits per heavy atom. The lowest BCUT2D eigenvalue weighted by atomic mass is 9.95. The molecule has 3 rings (SSSR count). The molecule has 1 aromatic rings. The second-order valence-corrected chi connectivity index (χ2v) is 11.0. The number of rotatable bonds is 12. The summed E-state index contributed by atoms with van der Waals surface area (Å²) in [7, 11) is 2.99. The highest BCUT2D eigenvalue weighted by Gasteiger charge is 2.34. The van der Waals surface area contributed by atoms with Gasteiger partial charge in [0.25, 0.3) is 0 Å². The van der Waals surface area contributed by atoms with Crippen LogP contribution in [-0.4, -0.2) is 74.3 Å². The number of nitrogens with zero attached hydrogens (tertiary/aromatic N) is 1. The van der Waals surface area contributed by atoms with Crippen molar-refractivity contribution in [3.8, 4) is 0 Å². The van der Waals surface area contributed by atoms with E-state index in [2.05, 4.69) is 35.0 Å². The predicted molar refractivity (Wildman–Crippen MR) is 154 cm³/mol. The monoisotopic (exact) mass is 590 g/mol. The smallest absolute Gasteiger partial charge is 0.407 e. The molecule has 0 aliphatic carbocycles. The van der Waals surface area contributed by atoms with Gasteiger partial charge in [-0.05, 0) is 45.1 Å². The number of hydrogen-bond donors (Lipinski definition) is 1. The van der Waals surface area contributed by atoms with Gasteiger partial charge in [0, 0.05) is 39.3 Å². The van der Waals surface area contributed by atoms with Gasteiger partial charge in [0.15, 0.2) is 0 Å². The van der Waals surface area contributed by atoms with Gasteiger partial charge < -0.3 is 33.4 Å². The number of cyclic esters (lactones) is 1. The zero-order valence-electron chi connectivity index (χ0n) is 25.3. The molecule has 11 nitrogen and oxygen atoms in total. The first kappa shape index (κ1) is 33.3. The molecule has 3 heterocycles. The molecule has 1 fully saturated rings. The maximum absolute atomic E-state index is 12.8. The molecule has 1 amide bonds. The summed E-state index contributed by atoms with van der Waals surface area (Å²) in [6.45, 7) is 4.43. The third-order valence-electron chi connectivity index (χ3n) is 7.31. The highest BCUT2D eigenvalue weighted by Crippen LogP contribution is 2.29. The molecule has 1 aromatic heterocycles. The summed E-state index contributed by atoms with van der Waals surface area (Å²) >= 11 is 0. The van der Waals surface area contributed by atoms with Crippen LogP contribution in [0, 0.1) is 0 Å². The maximum Gasteiger partial charge on any atom is 0.407 e. The van der Waals surface area contributed by atoms with Crippen molar-refractivity contribution >= 4 is 24.1 Å². The van der Waals surface area contributed by atoms with E-state index in [0.717, 1.165) is 37.0 Å². The SMILES string of the molecule is CCC[C@H]1C[C@@H](OC)C/C(C)=C\[C@@H]2C[C@@H](OC(=O)CCCCc3coc(/C=C\CNC(=O)OC)n3)C[C@H](CC(=O)O1)O2. The first-order valence-corrected chi connectivity index (χ1v) is 14.9. The number of ether oxygens (including phenoxy) is 5. The van der Waals surface area contributed by atoms with E-state index in [1.54, 1.807) is 25.5 Å². The van der Waals surface area contributed by atoms with Gasteiger partial charge in [-0.1, -0.05) is 31.1 Å². The van der Waals surface area contributed by atoms with E-state index >= 15 is 0 Å². The topological polar surface area (TPSA) is 135 Å². The van der Waals surface area contributed by atoms with Gasteiger partial charge in [-0.2, -0.15) is 0 Å². The Bertz CT molecular complexity index is 1070. The second-order valence-electron chi connectivity index (χ2n) is 11.0. The van der Waals surface area contributed by atoms with Crippen molar-refractivity contribution in [1.29, 1.82) is 0 Å². The van der Waals surface area contributed by atoms with Crippen LogP contribution in [0.15, 0.2) is 28.4 Å². The molecular weight excluding hydrogens is 544 g/mol. The van der Waals surface area contributed by atoms with Crippen LogP contribution in [0.4, 0.5) is 4.79 Å². The highest BCUT2D eigenvalue weighted by molar-refractivity contribution is 5.70. The van der Waals surface area contributed by atoms with E-state index in [1.807, 2.05) is 0 Å². The Balaban J connectivity index is 1.47. The number of nitrogens with one attached hydrogen (secondary N) is 1. The minimum Gasteiger partial charge on any atom is -0.462 e. The molecule has 5 atom stereocenters. The van der Waals surface area contributed by atoms with Crippen molar-refractivity contribution in [1.82, 2.24) is 10.3 Å². The zero-order valence-corrected chi connectivity index (χ0v) is 25.3. The van der Waals surface area contributed by atoms with Crippen molar-refractivity contribution < 1.29 is 42.5 Å². The summed E-state index contributed by atoms with van der Waals surface area (Å²) in [4.78, 5) is 40.9. The van der Waals surface area contributed by atoms with Crippen molar-refractivity contribution in [2.45, 2.75) is 115 Å². The lowest BCUT2D eigenvalue weighted by molar-refractivity contribution is -0.165. The summed E-state index contributed by atoms with van der Waals surface area (Å²) in [6, 6.07) is 0. The second kappa shape index (κ2) is 17.7. The van der Waals surface area contributed by atoms with Crippen molar-refractivity contribution in [3.05, 3.63) is 35.6 Å². The number of unbranched alkanes of at least 4 members (excludes halogenated alkanes) is 1. The van der Waals surface area contributed by atoms with Crippen molar-refractivity contribution in [2.24, 2.45) is 0 Å². The Labute approximate surface area is 248 Å². The predicted octanol–water partition coefficient (Wildman–Crippen LogP) is 5.07. The van der Waals surface area contributed by atoms with E-state index in [4.69, 9.17) is 23.4 Å². The molecule has 0 unspecified atom stereocenters. The van der Waals surface area contributed by atoms with Gasteiger partial charge in [0.1, 0.15) is 18.5 Å². The number of aromatic nitrogens is 1. The number of oxazole rings is 1. The molecule has 1 N–H and O–H groups in total. The molecule has 234 valence electrons. The molecule has 0 saturated carbocycles. The summed E-state index contributed by atoms with van der Waals surface area (Å²) in [5.74, 6) is -0.102. The number of carbonyl (C=O) groups is 3. The van der Waals surface area contributed by atoms with Gasteiger partial charge in [0.2, 0.25) is 5.89 Å². The number of hydrogen-bond acceptors (Lipinski definition) is 10. The molecule has 1 saturated heterocycles. The standard InChI is InChI=1S/C31H46N2O9/c1-5-9-23-16-24(37-3)14-21(2)15-25-17-26(18-27(40-25)19-30(35)41-23)42-29(34)12-7-6-10-22-20-39-28(33-22)11-8-13-32-31(36)38-4/h8,11,15,20,23-27H,5-7,9-10,12-14,16-19H2,1-4H3,(H,32,36)/b11-8-,21-15-/t23-,24-,25+,26+,27+/m0/s1. The van der Waals surface area contributed by atoms with E-state index < -0.39 is 6.09 Å². The largest absolute Gasteiger partial charge is 0.462 e.